The number of carbonyl (C=O) groups is 1. The molecule has 1 aliphatic heterocycles. The number of amides is 1. The number of thiazole rings is 1. The van der Waals surface area contributed by atoms with Crippen molar-refractivity contribution >= 4 is 33.0 Å². The molecule has 0 N–H and O–H groups in total. The van der Waals surface area contributed by atoms with Crippen molar-refractivity contribution in [3.8, 4) is 0 Å². The number of hydrogen-bond acceptors (Lipinski definition) is 7. The highest BCUT2D eigenvalue weighted by Crippen LogP contribution is 2.28. The lowest BCUT2D eigenvalue weighted by Crippen LogP contribution is -2.50. The van der Waals surface area contributed by atoms with Crippen LogP contribution in [0.25, 0.3) is 0 Å². The Labute approximate surface area is 173 Å². The summed E-state index contributed by atoms with van der Waals surface area (Å²) in [5.74, 6) is -0.162. The van der Waals surface area contributed by atoms with Crippen LogP contribution >= 0.6 is 11.3 Å². The van der Waals surface area contributed by atoms with E-state index in [1.165, 1.54) is 33.8 Å². The Kier molecular flexibility index (Phi) is 5.74. The van der Waals surface area contributed by atoms with Gasteiger partial charge in [0.05, 0.1) is 21.0 Å². The van der Waals surface area contributed by atoms with Crippen molar-refractivity contribution in [2.45, 2.75) is 31.1 Å². The number of nitro benzene ring substituents is 1. The molecule has 11 heteroatoms. The number of rotatable bonds is 4. The third-order valence-electron chi connectivity index (χ3n) is 4.55. The van der Waals surface area contributed by atoms with Crippen molar-refractivity contribution in [3.63, 3.8) is 0 Å². The predicted octanol–water partition coefficient (Wildman–Crippen LogP) is 2.50. The Morgan fingerprint density at radius 3 is 2.41 bits per heavy atom. The van der Waals surface area contributed by atoms with Crippen LogP contribution in [0.15, 0.2) is 35.4 Å². The minimum Gasteiger partial charge on any atom is -0.335 e. The van der Waals surface area contributed by atoms with Gasteiger partial charge in [0.15, 0.2) is 0 Å². The van der Waals surface area contributed by atoms with E-state index >= 15 is 0 Å². The molecule has 1 saturated heterocycles. The summed E-state index contributed by atoms with van der Waals surface area (Å²) >= 11 is 1.35. The van der Waals surface area contributed by atoms with Crippen LogP contribution in [-0.2, 0) is 15.4 Å². The van der Waals surface area contributed by atoms with Crippen LogP contribution in [0.3, 0.4) is 0 Å². The molecule has 1 aliphatic rings. The molecule has 9 nitrogen and oxygen atoms in total. The summed E-state index contributed by atoms with van der Waals surface area (Å²) < 4.78 is 26.9. The molecule has 0 saturated carbocycles. The zero-order valence-electron chi connectivity index (χ0n) is 16.4. The fourth-order valence-electron chi connectivity index (χ4n) is 2.91. The van der Waals surface area contributed by atoms with Gasteiger partial charge in [0, 0.05) is 43.7 Å². The van der Waals surface area contributed by atoms with Gasteiger partial charge in [0.1, 0.15) is 4.88 Å². The first-order chi connectivity index (χ1) is 13.5. The third kappa shape index (κ3) is 4.46. The number of hydrogen-bond donors (Lipinski definition) is 0. The lowest BCUT2D eigenvalue weighted by Gasteiger charge is -2.33. The number of nitro groups is 1. The second-order valence-corrected chi connectivity index (χ2v) is 10.7. The van der Waals surface area contributed by atoms with Crippen LogP contribution in [0, 0.1) is 10.1 Å². The lowest BCUT2D eigenvalue weighted by atomic mass is 9.98. The SMILES string of the molecule is CC(C)(C)c1ncc(C(=O)N2CCN(S(=O)(=O)c3cccc([N+](=O)[O-])c3)CC2)s1. The van der Waals surface area contributed by atoms with Crippen LogP contribution in [0.4, 0.5) is 5.69 Å². The van der Waals surface area contributed by atoms with E-state index in [1.807, 2.05) is 20.8 Å². The van der Waals surface area contributed by atoms with Crippen LogP contribution in [0.5, 0.6) is 0 Å². The zero-order valence-corrected chi connectivity index (χ0v) is 18.0. The minimum absolute atomic E-state index is 0.122. The predicted molar refractivity (Wildman–Crippen MR) is 109 cm³/mol. The van der Waals surface area contributed by atoms with Gasteiger partial charge in [-0.25, -0.2) is 13.4 Å². The summed E-state index contributed by atoms with van der Waals surface area (Å²) in [7, 11) is -3.87. The molecular weight excluding hydrogens is 416 g/mol. The topological polar surface area (TPSA) is 114 Å². The van der Waals surface area contributed by atoms with E-state index in [4.69, 9.17) is 0 Å². The monoisotopic (exact) mass is 438 g/mol. The zero-order chi connectivity index (χ0) is 21.4. The average molecular weight is 439 g/mol. The van der Waals surface area contributed by atoms with E-state index in [9.17, 15) is 23.3 Å². The summed E-state index contributed by atoms with van der Waals surface area (Å²) in [5.41, 5.74) is -0.423. The molecule has 1 aromatic carbocycles. The van der Waals surface area contributed by atoms with Crippen molar-refractivity contribution in [2.75, 3.05) is 26.2 Å². The molecule has 2 heterocycles. The first kappa shape index (κ1) is 21.3. The molecule has 0 atom stereocenters. The maximum atomic E-state index is 12.8. The molecule has 1 amide bonds. The molecule has 3 rings (SSSR count). The highest BCUT2D eigenvalue weighted by atomic mass is 32.2. The van der Waals surface area contributed by atoms with Crippen molar-refractivity contribution in [1.82, 2.24) is 14.2 Å². The Morgan fingerprint density at radius 1 is 1.21 bits per heavy atom. The standard InChI is InChI=1S/C18H22N4O5S2/c1-18(2,3)17-19-12-15(28-17)16(23)20-7-9-21(10-8-20)29(26,27)14-6-4-5-13(11-14)22(24)25/h4-6,11-12H,7-10H2,1-3H3. The number of nitrogens with zero attached hydrogens (tertiary/aromatic N) is 4. The number of carbonyl (C=O) groups excluding carboxylic acids is 1. The second-order valence-electron chi connectivity index (χ2n) is 7.73. The highest BCUT2D eigenvalue weighted by molar-refractivity contribution is 7.89. The molecule has 0 spiro atoms. The molecule has 0 bridgehead atoms. The van der Waals surface area contributed by atoms with E-state index in [1.54, 1.807) is 11.1 Å². The van der Waals surface area contributed by atoms with Gasteiger partial charge in [0.2, 0.25) is 10.0 Å². The molecule has 0 aliphatic carbocycles. The van der Waals surface area contributed by atoms with Gasteiger partial charge < -0.3 is 4.90 Å². The number of aromatic nitrogens is 1. The van der Waals surface area contributed by atoms with Gasteiger partial charge in [-0.05, 0) is 6.07 Å². The van der Waals surface area contributed by atoms with Crippen LogP contribution < -0.4 is 0 Å². The maximum absolute atomic E-state index is 12.8. The average Bonchev–Trinajstić information content (AvgIpc) is 3.18. The van der Waals surface area contributed by atoms with Crippen molar-refractivity contribution < 1.29 is 18.1 Å². The van der Waals surface area contributed by atoms with Crippen molar-refractivity contribution in [3.05, 3.63) is 50.5 Å². The van der Waals surface area contributed by atoms with Crippen LogP contribution in [0.1, 0.15) is 35.5 Å². The highest BCUT2D eigenvalue weighted by Gasteiger charge is 2.32. The largest absolute Gasteiger partial charge is 0.335 e. The molecule has 2 aromatic rings. The molecule has 1 fully saturated rings. The van der Waals surface area contributed by atoms with Crippen LogP contribution in [-0.4, -0.2) is 59.6 Å². The number of non-ortho nitro benzene ring substituents is 1. The van der Waals surface area contributed by atoms with Gasteiger partial charge in [-0.3, -0.25) is 14.9 Å². The normalized spacial score (nSPS) is 16.0. The fourth-order valence-corrected chi connectivity index (χ4v) is 5.32. The first-order valence-electron chi connectivity index (χ1n) is 9.00. The molecule has 1 aromatic heterocycles. The van der Waals surface area contributed by atoms with Crippen LogP contribution in [0.2, 0.25) is 0 Å². The lowest BCUT2D eigenvalue weighted by molar-refractivity contribution is -0.385. The van der Waals surface area contributed by atoms with Crippen molar-refractivity contribution in [2.24, 2.45) is 0 Å². The van der Waals surface area contributed by atoms with E-state index in [0.717, 1.165) is 11.1 Å². The Hall–Kier alpha value is -2.37. The van der Waals surface area contributed by atoms with Gasteiger partial charge in [0.25, 0.3) is 11.6 Å². The minimum atomic E-state index is -3.87. The Morgan fingerprint density at radius 2 is 1.86 bits per heavy atom. The number of sulfonamides is 1. The van der Waals surface area contributed by atoms with E-state index < -0.39 is 14.9 Å². The summed E-state index contributed by atoms with van der Waals surface area (Å²) in [6.45, 7) is 6.82. The summed E-state index contributed by atoms with van der Waals surface area (Å²) in [6, 6.07) is 4.99. The number of benzene rings is 1. The fraction of sp³-hybridized carbons (Fsp3) is 0.444. The van der Waals surface area contributed by atoms with E-state index in [0.29, 0.717) is 4.88 Å². The molecule has 0 unspecified atom stereocenters. The smallest absolute Gasteiger partial charge is 0.270 e. The van der Waals surface area contributed by atoms with Gasteiger partial charge in [-0.15, -0.1) is 11.3 Å². The van der Waals surface area contributed by atoms with E-state index in [2.05, 4.69) is 4.98 Å². The summed E-state index contributed by atoms with van der Waals surface area (Å²) in [4.78, 5) is 29.4. The second kappa shape index (κ2) is 7.81. The molecule has 0 radical (unpaired) electrons. The van der Waals surface area contributed by atoms with Gasteiger partial charge in [-0.2, -0.15) is 4.31 Å². The number of piperazine rings is 1. The summed E-state index contributed by atoms with van der Waals surface area (Å²) in [6.07, 6.45) is 1.57. The van der Waals surface area contributed by atoms with E-state index in [-0.39, 0.29) is 48.1 Å². The van der Waals surface area contributed by atoms with Crippen molar-refractivity contribution in [1.29, 1.82) is 0 Å². The maximum Gasteiger partial charge on any atom is 0.270 e. The Bertz CT molecular complexity index is 1030. The molecule has 29 heavy (non-hydrogen) atoms. The molecular formula is C18H22N4O5S2. The quantitative estimate of drug-likeness (QED) is 0.535. The first-order valence-corrected chi connectivity index (χ1v) is 11.3. The third-order valence-corrected chi connectivity index (χ3v) is 7.86. The Balaban J connectivity index is 1.70. The van der Waals surface area contributed by atoms with Gasteiger partial charge >= 0.3 is 0 Å². The van der Waals surface area contributed by atoms with Gasteiger partial charge in [-0.1, -0.05) is 26.8 Å². The summed E-state index contributed by atoms with van der Waals surface area (Å²) in [5, 5.41) is 11.8. The molecule has 156 valence electrons.